The first kappa shape index (κ1) is 12.9. The third-order valence-corrected chi connectivity index (χ3v) is 3.28. The molecule has 0 saturated heterocycles. The van der Waals surface area contributed by atoms with E-state index in [1.54, 1.807) is 14.2 Å². The van der Waals surface area contributed by atoms with E-state index in [1.807, 2.05) is 0 Å². The maximum atomic E-state index is 9.49. The highest BCUT2D eigenvalue weighted by Crippen LogP contribution is 2.31. The SMILES string of the molecule is CNc1ncnc(NC2CCC(O)CC2)c1OC. The van der Waals surface area contributed by atoms with Crippen LogP contribution >= 0.6 is 0 Å². The standard InChI is InChI=1S/C12H20N4O2/c1-13-11-10(18-2)12(15-7-14-11)16-8-3-5-9(17)6-4-8/h7-9,17H,3-6H2,1-2H3,(H2,13,14,15,16). The van der Waals surface area contributed by atoms with Crippen LogP contribution in [0.25, 0.3) is 0 Å². The molecule has 0 radical (unpaired) electrons. The third kappa shape index (κ3) is 2.81. The first-order valence-electron chi connectivity index (χ1n) is 6.26. The predicted molar refractivity (Wildman–Crippen MR) is 70.0 cm³/mol. The molecule has 1 fully saturated rings. The average Bonchev–Trinajstić information content (AvgIpc) is 2.41. The van der Waals surface area contributed by atoms with Crippen LogP contribution in [0.2, 0.25) is 0 Å². The Hall–Kier alpha value is -1.56. The molecule has 1 aliphatic carbocycles. The number of hydrogen-bond acceptors (Lipinski definition) is 6. The average molecular weight is 252 g/mol. The lowest BCUT2D eigenvalue weighted by Gasteiger charge is -2.27. The minimum absolute atomic E-state index is 0.150. The topological polar surface area (TPSA) is 79.3 Å². The van der Waals surface area contributed by atoms with Crippen LogP contribution in [0.4, 0.5) is 11.6 Å². The van der Waals surface area contributed by atoms with Gasteiger partial charge in [0.05, 0.1) is 13.2 Å². The van der Waals surface area contributed by atoms with Crippen LogP contribution in [0.3, 0.4) is 0 Å². The number of anilines is 2. The summed E-state index contributed by atoms with van der Waals surface area (Å²) in [5.41, 5.74) is 0. The molecule has 1 heterocycles. The van der Waals surface area contributed by atoms with Crippen LogP contribution in [0.1, 0.15) is 25.7 Å². The highest BCUT2D eigenvalue weighted by Gasteiger charge is 2.21. The molecule has 100 valence electrons. The number of methoxy groups -OCH3 is 1. The number of nitrogens with zero attached hydrogens (tertiary/aromatic N) is 2. The van der Waals surface area contributed by atoms with Crippen molar-refractivity contribution >= 4 is 11.6 Å². The van der Waals surface area contributed by atoms with Gasteiger partial charge in [-0.2, -0.15) is 0 Å². The molecular weight excluding hydrogens is 232 g/mol. The molecule has 0 amide bonds. The van der Waals surface area contributed by atoms with E-state index < -0.39 is 0 Å². The Morgan fingerprint density at radius 1 is 1.22 bits per heavy atom. The number of hydrogen-bond donors (Lipinski definition) is 3. The van der Waals surface area contributed by atoms with E-state index in [4.69, 9.17) is 4.74 Å². The van der Waals surface area contributed by atoms with Gasteiger partial charge in [-0.1, -0.05) is 0 Å². The maximum absolute atomic E-state index is 9.49. The quantitative estimate of drug-likeness (QED) is 0.748. The van der Waals surface area contributed by atoms with Crippen molar-refractivity contribution in [2.75, 3.05) is 24.8 Å². The van der Waals surface area contributed by atoms with Gasteiger partial charge in [0.25, 0.3) is 0 Å². The number of aromatic nitrogens is 2. The summed E-state index contributed by atoms with van der Waals surface area (Å²) in [7, 11) is 3.40. The fraction of sp³-hybridized carbons (Fsp3) is 0.667. The van der Waals surface area contributed by atoms with Crippen LogP contribution in [-0.2, 0) is 0 Å². The largest absolute Gasteiger partial charge is 0.490 e. The van der Waals surface area contributed by atoms with Crippen LogP contribution in [0.5, 0.6) is 5.75 Å². The highest BCUT2D eigenvalue weighted by molar-refractivity contribution is 5.63. The zero-order valence-electron chi connectivity index (χ0n) is 10.8. The monoisotopic (exact) mass is 252 g/mol. The van der Waals surface area contributed by atoms with E-state index in [0.717, 1.165) is 25.7 Å². The Labute approximate surface area is 107 Å². The maximum Gasteiger partial charge on any atom is 0.204 e. The van der Waals surface area contributed by atoms with Crippen LogP contribution in [0, 0.1) is 0 Å². The van der Waals surface area contributed by atoms with Gasteiger partial charge < -0.3 is 20.5 Å². The number of nitrogens with one attached hydrogen (secondary N) is 2. The molecule has 18 heavy (non-hydrogen) atoms. The van der Waals surface area contributed by atoms with Crippen LogP contribution < -0.4 is 15.4 Å². The van der Waals surface area contributed by atoms with Crippen molar-refractivity contribution in [1.29, 1.82) is 0 Å². The molecule has 1 aromatic heterocycles. The molecule has 1 saturated carbocycles. The second-order valence-electron chi connectivity index (χ2n) is 4.50. The van der Waals surface area contributed by atoms with E-state index in [9.17, 15) is 5.11 Å². The fourth-order valence-electron chi connectivity index (χ4n) is 2.26. The number of aliphatic hydroxyl groups excluding tert-OH is 1. The smallest absolute Gasteiger partial charge is 0.204 e. The van der Waals surface area contributed by atoms with Crippen LogP contribution in [0.15, 0.2) is 6.33 Å². The van der Waals surface area contributed by atoms with Crippen molar-refractivity contribution in [3.05, 3.63) is 6.33 Å². The molecule has 6 heteroatoms. The summed E-state index contributed by atoms with van der Waals surface area (Å²) in [5.74, 6) is 2.01. The Balaban J connectivity index is 2.09. The van der Waals surface area contributed by atoms with Crippen molar-refractivity contribution in [2.24, 2.45) is 0 Å². The minimum atomic E-state index is -0.150. The van der Waals surface area contributed by atoms with Gasteiger partial charge >= 0.3 is 0 Å². The normalized spacial score (nSPS) is 23.5. The number of aliphatic hydroxyl groups is 1. The Kier molecular flexibility index (Phi) is 4.19. The Morgan fingerprint density at radius 2 is 1.89 bits per heavy atom. The fourth-order valence-corrected chi connectivity index (χ4v) is 2.26. The Bertz CT molecular complexity index is 392. The summed E-state index contributed by atoms with van der Waals surface area (Å²) in [6, 6.07) is 0.335. The number of rotatable bonds is 4. The van der Waals surface area contributed by atoms with E-state index in [2.05, 4.69) is 20.6 Å². The summed E-state index contributed by atoms with van der Waals surface area (Å²) in [6.45, 7) is 0. The molecule has 1 aliphatic rings. The molecule has 0 aromatic carbocycles. The molecular formula is C12H20N4O2. The molecule has 0 spiro atoms. The van der Waals surface area contributed by atoms with Crippen molar-refractivity contribution in [3.8, 4) is 5.75 Å². The lowest BCUT2D eigenvalue weighted by atomic mass is 9.93. The third-order valence-electron chi connectivity index (χ3n) is 3.28. The first-order chi connectivity index (χ1) is 8.74. The first-order valence-corrected chi connectivity index (χ1v) is 6.26. The van der Waals surface area contributed by atoms with E-state index in [-0.39, 0.29) is 6.10 Å². The van der Waals surface area contributed by atoms with Gasteiger partial charge in [0, 0.05) is 13.1 Å². The molecule has 0 unspecified atom stereocenters. The lowest BCUT2D eigenvalue weighted by molar-refractivity contribution is 0.126. The highest BCUT2D eigenvalue weighted by atomic mass is 16.5. The molecule has 2 rings (SSSR count). The molecule has 1 aromatic rings. The summed E-state index contributed by atoms with van der Waals surface area (Å²) < 4.78 is 5.33. The van der Waals surface area contributed by atoms with E-state index in [1.165, 1.54) is 6.33 Å². The van der Waals surface area contributed by atoms with Gasteiger partial charge in [0.15, 0.2) is 11.6 Å². The molecule has 0 aliphatic heterocycles. The van der Waals surface area contributed by atoms with Crippen LogP contribution in [-0.4, -0.2) is 41.4 Å². The van der Waals surface area contributed by atoms with Crippen molar-refractivity contribution in [1.82, 2.24) is 9.97 Å². The molecule has 6 nitrogen and oxygen atoms in total. The predicted octanol–water partition coefficient (Wildman–Crippen LogP) is 1.24. The van der Waals surface area contributed by atoms with E-state index >= 15 is 0 Å². The lowest BCUT2D eigenvalue weighted by Crippen LogP contribution is -2.28. The second kappa shape index (κ2) is 5.86. The summed E-state index contributed by atoms with van der Waals surface area (Å²) >= 11 is 0. The zero-order chi connectivity index (χ0) is 13.0. The van der Waals surface area contributed by atoms with Gasteiger partial charge in [0.1, 0.15) is 6.33 Å². The van der Waals surface area contributed by atoms with Crippen molar-refractivity contribution in [2.45, 2.75) is 37.8 Å². The van der Waals surface area contributed by atoms with Crippen molar-refractivity contribution < 1.29 is 9.84 Å². The zero-order valence-corrected chi connectivity index (χ0v) is 10.8. The summed E-state index contributed by atoms with van der Waals surface area (Å²) in [5, 5.41) is 15.8. The summed E-state index contributed by atoms with van der Waals surface area (Å²) in [6.07, 6.45) is 4.93. The second-order valence-corrected chi connectivity index (χ2v) is 4.50. The molecule has 3 N–H and O–H groups in total. The van der Waals surface area contributed by atoms with Gasteiger partial charge in [0.2, 0.25) is 5.75 Å². The summed E-state index contributed by atoms with van der Waals surface area (Å²) in [4.78, 5) is 8.33. The van der Waals surface area contributed by atoms with Gasteiger partial charge in [-0.15, -0.1) is 0 Å². The van der Waals surface area contributed by atoms with Gasteiger partial charge in [-0.3, -0.25) is 0 Å². The molecule has 0 bridgehead atoms. The molecule has 0 atom stereocenters. The van der Waals surface area contributed by atoms with E-state index in [0.29, 0.717) is 23.4 Å². The van der Waals surface area contributed by atoms with Crippen molar-refractivity contribution in [3.63, 3.8) is 0 Å². The number of ether oxygens (including phenoxy) is 1. The van der Waals surface area contributed by atoms with Gasteiger partial charge in [-0.05, 0) is 25.7 Å². The van der Waals surface area contributed by atoms with Gasteiger partial charge in [-0.25, -0.2) is 9.97 Å². The Morgan fingerprint density at radius 3 is 2.50 bits per heavy atom. The minimum Gasteiger partial charge on any atom is -0.490 e.